The molecule has 0 amide bonds. The van der Waals surface area contributed by atoms with Crippen molar-refractivity contribution in [2.75, 3.05) is 20.3 Å². The van der Waals surface area contributed by atoms with Crippen molar-refractivity contribution in [3.63, 3.8) is 0 Å². The third-order valence-corrected chi connectivity index (χ3v) is 3.97. The molecule has 0 aliphatic rings. The molecule has 0 aliphatic carbocycles. The zero-order valence-corrected chi connectivity index (χ0v) is 12.6. The topological polar surface area (TPSA) is 91.5 Å². The van der Waals surface area contributed by atoms with Crippen LogP contribution in [0.3, 0.4) is 0 Å². The zero-order chi connectivity index (χ0) is 15.3. The lowest BCUT2D eigenvalue weighted by Crippen LogP contribution is -2.13. The van der Waals surface area contributed by atoms with Crippen LogP contribution in [0.5, 0.6) is 5.75 Å². The van der Waals surface area contributed by atoms with Gasteiger partial charge in [-0.2, -0.15) is 0 Å². The van der Waals surface area contributed by atoms with Gasteiger partial charge >= 0.3 is 0 Å². The Morgan fingerprint density at radius 2 is 1.95 bits per heavy atom. The molecule has 2 rings (SSSR count). The highest BCUT2D eigenvalue weighted by Gasteiger charge is 2.15. The molecule has 0 saturated heterocycles. The minimum Gasteiger partial charge on any atom is -0.491 e. The quantitative estimate of drug-likeness (QED) is 0.786. The minimum absolute atomic E-state index is 0.0531. The maximum atomic E-state index is 11.6. The fourth-order valence-corrected chi connectivity index (χ4v) is 2.74. The van der Waals surface area contributed by atoms with Crippen LogP contribution >= 0.6 is 0 Å². The van der Waals surface area contributed by atoms with Crippen molar-refractivity contribution < 1.29 is 17.9 Å². The molecule has 0 bridgehead atoms. The number of methoxy groups -OCH3 is 1. The minimum atomic E-state index is -3.79. The Labute approximate surface area is 123 Å². The highest BCUT2D eigenvalue weighted by molar-refractivity contribution is 7.89. The Hall–Kier alpha value is -1.70. The first-order valence-corrected chi connectivity index (χ1v) is 8.11. The molecule has 0 fully saturated rings. The van der Waals surface area contributed by atoms with Gasteiger partial charge in [0.15, 0.2) is 0 Å². The van der Waals surface area contributed by atoms with Gasteiger partial charge in [-0.05, 0) is 37.1 Å². The molecule has 6 nitrogen and oxygen atoms in total. The Morgan fingerprint density at radius 3 is 2.67 bits per heavy atom. The number of hydrogen-bond donors (Lipinski definition) is 1. The molecule has 2 aromatic rings. The summed E-state index contributed by atoms with van der Waals surface area (Å²) in [5.74, 6) is 0.551. The van der Waals surface area contributed by atoms with E-state index in [-0.39, 0.29) is 4.90 Å². The molecular formula is C14H18N2O4S. The third-order valence-electron chi connectivity index (χ3n) is 3.00. The molecule has 1 aromatic heterocycles. The number of ether oxygens (including phenoxy) is 2. The molecule has 0 radical (unpaired) electrons. The number of benzene rings is 1. The van der Waals surface area contributed by atoms with Crippen molar-refractivity contribution in [3.8, 4) is 5.75 Å². The third kappa shape index (κ3) is 3.90. The van der Waals surface area contributed by atoms with E-state index < -0.39 is 10.0 Å². The summed E-state index contributed by atoms with van der Waals surface area (Å²) in [6.07, 6.45) is 3.34. The fourth-order valence-electron chi connectivity index (χ4n) is 2.02. The predicted molar refractivity (Wildman–Crippen MR) is 79.7 cm³/mol. The van der Waals surface area contributed by atoms with Crippen LogP contribution in [0.2, 0.25) is 0 Å². The Bertz CT molecular complexity index is 716. The highest BCUT2D eigenvalue weighted by Crippen LogP contribution is 2.28. The van der Waals surface area contributed by atoms with Gasteiger partial charge in [-0.1, -0.05) is 0 Å². The second-order valence-corrected chi connectivity index (χ2v) is 6.08. The maximum Gasteiger partial charge on any atom is 0.238 e. The summed E-state index contributed by atoms with van der Waals surface area (Å²) >= 11 is 0. The molecule has 1 heterocycles. The Kier molecular flexibility index (Phi) is 5.11. The van der Waals surface area contributed by atoms with Crippen LogP contribution in [0.4, 0.5) is 0 Å². The predicted octanol–water partition coefficient (Wildman–Crippen LogP) is 1.69. The maximum absolute atomic E-state index is 11.6. The smallest absolute Gasteiger partial charge is 0.238 e. The molecular weight excluding hydrogens is 292 g/mol. The molecule has 2 N–H and O–H groups in total. The molecule has 0 aliphatic heterocycles. The van der Waals surface area contributed by atoms with E-state index in [1.54, 1.807) is 31.5 Å². The number of nitrogens with two attached hydrogens (primary N) is 1. The van der Waals surface area contributed by atoms with Gasteiger partial charge < -0.3 is 9.47 Å². The van der Waals surface area contributed by atoms with Crippen LogP contribution < -0.4 is 9.88 Å². The van der Waals surface area contributed by atoms with Gasteiger partial charge in [-0.15, -0.1) is 0 Å². The van der Waals surface area contributed by atoms with E-state index >= 15 is 0 Å². The van der Waals surface area contributed by atoms with Gasteiger partial charge in [0.1, 0.15) is 11.3 Å². The van der Waals surface area contributed by atoms with Gasteiger partial charge in [0.05, 0.1) is 11.5 Å². The van der Waals surface area contributed by atoms with E-state index in [4.69, 9.17) is 14.6 Å². The average molecular weight is 310 g/mol. The van der Waals surface area contributed by atoms with Crippen molar-refractivity contribution >= 4 is 20.9 Å². The van der Waals surface area contributed by atoms with E-state index in [1.165, 1.54) is 6.07 Å². The first-order chi connectivity index (χ1) is 10.0. The number of sulfonamides is 1. The lowest BCUT2D eigenvalue weighted by Gasteiger charge is -2.10. The van der Waals surface area contributed by atoms with E-state index in [0.29, 0.717) is 29.9 Å². The second-order valence-electron chi connectivity index (χ2n) is 4.55. The first kappa shape index (κ1) is 15.7. The molecule has 7 heteroatoms. The summed E-state index contributed by atoms with van der Waals surface area (Å²) in [6.45, 7) is 1.20. The second kappa shape index (κ2) is 6.84. The number of fused-ring (bicyclic) bond motifs is 1. The fraction of sp³-hybridized carbons (Fsp3) is 0.357. The average Bonchev–Trinajstić information content (AvgIpc) is 2.45. The summed E-state index contributed by atoms with van der Waals surface area (Å²) in [5.41, 5.74) is 0.496. The highest BCUT2D eigenvalue weighted by atomic mass is 32.2. The van der Waals surface area contributed by atoms with Crippen LogP contribution in [0.15, 0.2) is 35.4 Å². The molecule has 1 aromatic carbocycles. The number of rotatable bonds is 7. The molecule has 21 heavy (non-hydrogen) atoms. The first-order valence-electron chi connectivity index (χ1n) is 6.56. The summed E-state index contributed by atoms with van der Waals surface area (Å²) in [4.78, 5) is 4.25. The van der Waals surface area contributed by atoms with Crippen molar-refractivity contribution in [2.45, 2.75) is 17.7 Å². The summed E-state index contributed by atoms with van der Waals surface area (Å²) in [7, 11) is -2.13. The lowest BCUT2D eigenvalue weighted by atomic mass is 10.2. The van der Waals surface area contributed by atoms with Crippen LogP contribution in [0.1, 0.15) is 12.8 Å². The molecule has 0 saturated carbocycles. The summed E-state index contributed by atoms with van der Waals surface area (Å²) in [5, 5.41) is 5.68. The molecule has 114 valence electrons. The van der Waals surface area contributed by atoms with Crippen LogP contribution in [-0.2, 0) is 14.8 Å². The number of primary sulfonamides is 1. The summed E-state index contributed by atoms with van der Waals surface area (Å²) < 4.78 is 33.8. The number of unbranched alkanes of at least 4 members (excludes halogenated alkanes) is 1. The number of pyridine rings is 1. The Morgan fingerprint density at radius 1 is 1.19 bits per heavy atom. The van der Waals surface area contributed by atoms with E-state index in [2.05, 4.69) is 4.98 Å². The Balaban J connectivity index is 2.26. The largest absolute Gasteiger partial charge is 0.491 e. The van der Waals surface area contributed by atoms with Gasteiger partial charge in [0, 0.05) is 25.3 Å². The normalized spacial score (nSPS) is 11.7. The van der Waals surface area contributed by atoms with Gasteiger partial charge in [-0.25, -0.2) is 13.6 Å². The van der Waals surface area contributed by atoms with Gasteiger partial charge in [0.25, 0.3) is 0 Å². The van der Waals surface area contributed by atoms with Gasteiger partial charge in [-0.3, -0.25) is 4.98 Å². The van der Waals surface area contributed by atoms with Crippen LogP contribution in [0, 0.1) is 0 Å². The SMILES string of the molecule is COCCCCOc1ccc(S(N)(=O)=O)c2cccnc12. The molecule has 0 spiro atoms. The number of hydrogen-bond acceptors (Lipinski definition) is 5. The van der Waals surface area contributed by atoms with Crippen molar-refractivity contribution in [3.05, 3.63) is 30.5 Å². The van der Waals surface area contributed by atoms with E-state index in [9.17, 15) is 8.42 Å². The van der Waals surface area contributed by atoms with Crippen LogP contribution in [0.25, 0.3) is 10.9 Å². The number of aromatic nitrogens is 1. The molecule has 0 unspecified atom stereocenters. The zero-order valence-electron chi connectivity index (χ0n) is 11.8. The van der Waals surface area contributed by atoms with Gasteiger partial charge in [0.2, 0.25) is 10.0 Å². The lowest BCUT2D eigenvalue weighted by molar-refractivity contribution is 0.184. The number of nitrogens with zero attached hydrogens (tertiary/aromatic N) is 1. The standard InChI is InChI=1S/C14H18N2O4S/c1-19-9-2-3-10-20-12-6-7-13(21(15,17)18)11-5-4-8-16-14(11)12/h4-8H,2-3,9-10H2,1H3,(H2,15,17,18). The monoisotopic (exact) mass is 310 g/mol. The van der Waals surface area contributed by atoms with Crippen molar-refractivity contribution in [1.29, 1.82) is 0 Å². The van der Waals surface area contributed by atoms with E-state index in [0.717, 1.165) is 12.8 Å². The summed E-state index contributed by atoms with van der Waals surface area (Å²) in [6, 6.07) is 6.37. The van der Waals surface area contributed by atoms with Crippen molar-refractivity contribution in [2.24, 2.45) is 5.14 Å². The van der Waals surface area contributed by atoms with E-state index in [1.807, 2.05) is 0 Å². The van der Waals surface area contributed by atoms with Crippen LogP contribution in [-0.4, -0.2) is 33.7 Å². The van der Waals surface area contributed by atoms with Crippen molar-refractivity contribution in [1.82, 2.24) is 4.98 Å². The molecule has 0 atom stereocenters.